The summed E-state index contributed by atoms with van der Waals surface area (Å²) in [6, 6.07) is 2.13. The number of furan rings is 1. The average Bonchev–Trinajstić information content (AvgIpc) is 3.05. The first-order valence-corrected chi connectivity index (χ1v) is 9.67. The van der Waals surface area contributed by atoms with E-state index in [4.69, 9.17) is 13.9 Å². The van der Waals surface area contributed by atoms with Gasteiger partial charge >= 0.3 is 5.97 Å². The number of carbonyl (C=O) groups is 1. The van der Waals surface area contributed by atoms with Crippen molar-refractivity contribution in [3.8, 4) is 0 Å². The smallest absolute Gasteiger partial charge is 0.309 e. The molecule has 2 aliphatic heterocycles. The lowest BCUT2D eigenvalue weighted by atomic mass is 9.80. The van der Waals surface area contributed by atoms with Gasteiger partial charge in [0.1, 0.15) is 23.7 Å². The summed E-state index contributed by atoms with van der Waals surface area (Å²) in [5, 5.41) is 0. The minimum Gasteiger partial charge on any atom is -0.463 e. The summed E-state index contributed by atoms with van der Waals surface area (Å²) in [6.45, 7) is 10.9. The van der Waals surface area contributed by atoms with Gasteiger partial charge < -0.3 is 13.9 Å². The van der Waals surface area contributed by atoms with Gasteiger partial charge in [0.15, 0.2) is 0 Å². The first-order chi connectivity index (χ1) is 11.8. The Morgan fingerprint density at radius 1 is 1.16 bits per heavy atom. The molecule has 0 unspecified atom stereocenters. The monoisotopic (exact) mass is 348 g/mol. The Kier molecular flexibility index (Phi) is 5.29. The molecular formula is C21H32O4. The van der Waals surface area contributed by atoms with Crippen molar-refractivity contribution in [3.05, 3.63) is 23.2 Å². The van der Waals surface area contributed by atoms with Crippen molar-refractivity contribution >= 4 is 5.97 Å². The molecule has 1 aromatic heterocycles. The lowest BCUT2D eigenvalue weighted by Crippen LogP contribution is -2.23. The minimum atomic E-state index is -0.0764. The largest absolute Gasteiger partial charge is 0.463 e. The number of rotatable bonds is 3. The van der Waals surface area contributed by atoms with Crippen LogP contribution in [0.15, 0.2) is 10.5 Å². The third kappa shape index (κ3) is 3.38. The normalized spacial score (nSPS) is 32.8. The van der Waals surface area contributed by atoms with Crippen LogP contribution in [0.5, 0.6) is 0 Å². The molecule has 4 bridgehead atoms. The van der Waals surface area contributed by atoms with Crippen LogP contribution in [0.25, 0.3) is 0 Å². The van der Waals surface area contributed by atoms with Gasteiger partial charge in [0.25, 0.3) is 0 Å². The molecule has 1 aromatic rings. The highest BCUT2D eigenvalue weighted by Crippen LogP contribution is 2.45. The molecule has 0 aliphatic carbocycles. The van der Waals surface area contributed by atoms with Gasteiger partial charge in [-0.2, -0.15) is 0 Å². The molecule has 0 amide bonds. The molecule has 1 fully saturated rings. The minimum absolute atomic E-state index is 0.0114. The van der Waals surface area contributed by atoms with E-state index < -0.39 is 0 Å². The second-order valence-electron chi connectivity index (χ2n) is 8.52. The van der Waals surface area contributed by atoms with E-state index in [1.165, 1.54) is 0 Å². The van der Waals surface area contributed by atoms with Crippen LogP contribution in [0.2, 0.25) is 0 Å². The van der Waals surface area contributed by atoms with Gasteiger partial charge in [-0.25, -0.2) is 0 Å². The summed E-state index contributed by atoms with van der Waals surface area (Å²) < 4.78 is 18.1. The highest BCUT2D eigenvalue weighted by atomic mass is 16.6. The molecule has 140 valence electrons. The molecule has 4 nitrogen and oxygen atoms in total. The number of methoxy groups -OCH3 is 1. The molecule has 1 saturated heterocycles. The Labute approximate surface area is 151 Å². The number of aryl methyl sites for hydroxylation is 1. The second-order valence-corrected chi connectivity index (χ2v) is 8.52. The third-order valence-corrected chi connectivity index (χ3v) is 6.15. The van der Waals surface area contributed by atoms with E-state index in [1.807, 2.05) is 0 Å². The van der Waals surface area contributed by atoms with Crippen LogP contribution in [0, 0.1) is 30.6 Å². The predicted molar refractivity (Wildman–Crippen MR) is 96.3 cm³/mol. The quantitative estimate of drug-likeness (QED) is 0.720. The third-order valence-electron chi connectivity index (χ3n) is 6.15. The second kappa shape index (κ2) is 7.14. The van der Waals surface area contributed by atoms with E-state index in [9.17, 15) is 4.79 Å². The van der Waals surface area contributed by atoms with Crippen LogP contribution < -0.4 is 0 Å². The molecule has 4 heteroatoms. The molecule has 3 heterocycles. The molecule has 0 saturated carbocycles. The van der Waals surface area contributed by atoms with E-state index in [0.29, 0.717) is 17.8 Å². The van der Waals surface area contributed by atoms with Crippen molar-refractivity contribution < 1.29 is 18.7 Å². The molecule has 0 aromatic carbocycles. The summed E-state index contributed by atoms with van der Waals surface area (Å²) in [4.78, 5) is 12.4. The zero-order chi connectivity index (χ0) is 18.3. The molecule has 2 aliphatic rings. The Morgan fingerprint density at radius 2 is 1.88 bits per heavy atom. The number of hydrogen-bond donors (Lipinski definition) is 0. The van der Waals surface area contributed by atoms with E-state index in [0.717, 1.165) is 36.3 Å². The van der Waals surface area contributed by atoms with Crippen molar-refractivity contribution in [2.75, 3.05) is 7.11 Å². The summed E-state index contributed by atoms with van der Waals surface area (Å²) in [6.07, 6.45) is 2.49. The standard InChI is InChI=1S/C21H32O4/c1-11(2)15-8-7-14-10-17(25-21(14)22)18(12(3)4)16-9-13(5)19(24-16)20(15)23-6/h9,11-12,14-15,17-18,20H,7-8,10H2,1-6H3/t14-,15+,17-,18+,20+/m1/s1. The fourth-order valence-electron chi connectivity index (χ4n) is 4.74. The molecule has 0 N–H and O–H groups in total. The molecule has 25 heavy (non-hydrogen) atoms. The first kappa shape index (κ1) is 18.5. The lowest BCUT2D eigenvalue weighted by molar-refractivity contribution is -0.145. The van der Waals surface area contributed by atoms with Gasteiger partial charge in [-0.05, 0) is 55.6 Å². The van der Waals surface area contributed by atoms with Crippen LogP contribution in [-0.4, -0.2) is 19.2 Å². The van der Waals surface area contributed by atoms with E-state index in [1.54, 1.807) is 7.11 Å². The van der Waals surface area contributed by atoms with Gasteiger partial charge in [0.2, 0.25) is 0 Å². The average molecular weight is 348 g/mol. The zero-order valence-corrected chi connectivity index (χ0v) is 16.4. The summed E-state index contributed by atoms with van der Waals surface area (Å²) in [5.74, 6) is 3.09. The van der Waals surface area contributed by atoms with Crippen LogP contribution >= 0.6 is 0 Å². The number of carbonyl (C=O) groups excluding carboxylic acids is 1. The molecular weight excluding hydrogens is 316 g/mol. The summed E-state index contributed by atoms with van der Waals surface area (Å²) in [7, 11) is 1.77. The number of ether oxygens (including phenoxy) is 2. The van der Waals surface area contributed by atoms with Gasteiger partial charge in [0.05, 0.1) is 11.8 Å². The number of esters is 1. The maximum atomic E-state index is 12.4. The van der Waals surface area contributed by atoms with Crippen molar-refractivity contribution in [2.45, 2.75) is 72.0 Å². The maximum Gasteiger partial charge on any atom is 0.309 e. The molecule has 5 atom stereocenters. The van der Waals surface area contributed by atoms with Crippen molar-refractivity contribution in [1.29, 1.82) is 0 Å². The molecule has 0 spiro atoms. The van der Waals surface area contributed by atoms with E-state index in [2.05, 4.69) is 40.7 Å². The maximum absolute atomic E-state index is 12.4. The Morgan fingerprint density at radius 3 is 2.48 bits per heavy atom. The number of fused-ring (bicyclic) bond motifs is 4. The fourth-order valence-corrected chi connectivity index (χ4v) is 4.74. The van der Waals surface area contributed by atoms with E-state index in [-0.39, 0.29) is 30.0 Å². The lowest BCUT2D eigenvalue weighted by Gasteiger charge is -2.29. The topological polar surface area (TPSA) is 48.7 Å². The predicted octanol–water partition coefficient (Wildman–Crippen LogP) is 5.01. The van der Waals surface area contributed by atoms with Crippen LogP contribution in [0.3, 0.4) is 0 Å². The van der Waals surface area contributed by atoms with Gasteiger partial charge in [-0.1, -0.05) is 27.7 Å². The van der Waals surface area contributed by atoms with Crippen LogP contribution in [-0.2, 0) is 14.3 Å². The first-order valence-electron chi connectivity index (χ1n) is 9.67. The number of hydrogen-bond acceptors (Lipinski definition) is 4. The highest BCUT2D eigenvalue weighted by molar-refractivity contribution is 5.74. The summed E-state index contributed by atoms with van der Waals surface area (Å²) in [5.41, 5.74) is 1.14. The van der Waals surface area contributed by atoms with Crippen molar-refractivity contribution in [2.24, 2.45) is 23.7 Å². The van der Waals surface area contributed by atoms with Crippen LogP contribution in [0.1, 0.15) is 76.1 Å². The SMILES string of the molecule is CO[C@@H]1c2oc(cc2C)[C@H](C(C)C)[C@H]2C[C@@H](CC[C@H]1C(C)C)C(=O)O2. The van der Waals surface area contributed by atoms with Gasteiger partial charge in [-0.3, -0.25) is 4.79 Å². The van der Waals surface area contributed by atoms with Crippen LogP contribution in [0.4, 0.5) is 0 Å². The Balaban J connectivity index is 2.08. The molecule has 0 radical (unpaired) electrons. The Bertz CT molecular complexity index is 615. The summed E-state index contributed by atoms with van der Waals surface area (Å²) >= 11 is 0. The van der Waals surface area contributed by atoms with Crippen molar-refractivity contribution in [3.63, 3.8) is 0 Å². The van der Waals surface area contributed by atoms with Gasteiger partial charge in [-0.15, -0.1) is 0 Å². The van der Waals surface area contributed by atoms with E-state index >= 15 is 0 Å². The van der Waals surface area contributed by atoms with Crippen molar-refractivity contribution in [1.82, 2.24) is 0 Å². The van der Waals surface area contributed by atoms with Gasteiger partial charge in [0, 0.05) is 7.11 Å². The Hall–Kier alpha value is -1.29. The highest BCUT2D eigenvalue weighted by Gasteiger charge is 2.44. The molecule has 3 rings (SSSR count). The fraction of sp³-hybridized carbons (Fsp3) is 0.762. The zero-order valence-electron chi connectivity index (χ0n) is 16.4.